The maximum Gasteiger partial charge on any atom is 0.0721 e. The Kier molecular flexibility index (Phi) is 2.94. The summed E-state index contributed by atoms with van der Waals surface area (Å²) in [6, 6.07) is 0. The van der Waals surface area contributed by atoms with E-state index >= 15 is 0 Å². The highest BCUT2D eigenvalue weighted by Gasteiger charge is 2.08. The van der Waals surface area contributed by atoms with Crippen LogP contribution in [0, 0.1) is 5.92 Å². The third-order valence-electron chi connectivity index (χ3n) is 2.20. The second kappa shape index (κ2) is 3.77. The molecular weight excluding hydrogens is 124 g/mol. The molecule has 0 aromatic heterocycles. The van der Waals surface area contributed by atoms with E-state index in [0.717, 1.165) is 12.3 Å². The van der Waals surface area contributed by atoms with Gasteiger partial charge in [0.2, 0.25) is 0 Å². The van der Waals surface area contributed by atoms with Gasteiger partial charge in [-0.05, 0) is 31.6 Å². The van der Waals surface area contributed by atoms with Crippen molar-refractivity contribution in [1.29, 1.82) is 0 Å². The zero-order valence-corrected chi connectivity index (χ0v) is 6.59. The fourth-order valence-corrected chi connectivity index (χ4v) is 1.41. The molecule has 0 aromatic rings. The van der Waals surface area contributed by atoms with Gasteiger partial charge in [0, 0.05) is 0 Å². The Bertz CT molecular complexity index is 118. The van der Waals surface area contributed by atoms with Crippen molar-refractivity contribution < 1.29 is 5.11 Å². The van der Waals surface area contributed by atoms with Gasteiger partial charge in [0.1, 0.15) is 0 Å². The molecule has 0 saturated heterocycles. The summed E-state index contributed by atoms with van der Waals surface area (Å²) in [5, 5.41) is 9.22. The first kappa shape index (κ1) is 7.80. The minimum Gasteiger partial charge on any atom is -0.389 e. The Morgan fingerprint density at radius 1 is 1.40 bits per heavy atom. The molecule has 1 aliphatic rings. The van der Waals surface area contributed by atoms with E-state index in [4.69, 9.17) is 0 Å². The molecule has 0 bridgehead atoms. The Hall–Kier alpha value is -0.300. The highest BCUT2D eigenvalue weighted by Crippen LogP contribution is 2.19. The number of allylic oxidation sites excluding steroid dienone is 1. The van der Waals surface area contributed by atoms with Crippen molar-refractivity contribution >= 4 is 0 Å². The van der Waals surface area contributed by atoms with Crippen LogP contribution in [-0.4, -0.2) is 11.2 Å². The molecule has 0 radical (unpaired) electrons. The minimum absolute atomic E-state index is 0.170. The average Bonchev–Trinajstić information content (AvgIpc) is 2.14. The van der Waals surface area contributed by atoms with Crippen LogP contribution in [0.15, 0.2) is 12.2 Å². The molecule has 1 nitrogen and oxygen atoms in total. The molecule has 2 unspecified atom stereocenters. The second-order valence-electron chi connectivity index (χ2n) is 3.05. The molecule has 0 aliphatic heterocycles. The largest absolute Gasteiger partial charge is 0.389 e. The van der Waals surface area contributed by atoms with Crippen molar-refractivity contribution in [1.82, 2.24) is 0 Å². The average molecular weight is 140 g/mol. The third kappa shape index (κ3) is 2.14. The highest BCUT2D eigenvalue weighted by molar-refractivity contribution is 4.95. The first-order chi connectivity index (χ1) is 4.83. The van der Waals surface area contributed by atoms with Crippen LogP contribution in [0.3, 0.4) is 0 Å². The van der Waals surface area contributed by atoms with Crippen LogP contribution in [0.4, 0.5) is 0 Å². The van der Waals surface area contributed by atoms with Crippen LogP contribution in [0.2, 0.25) is 0 Å². The summed E-state index contributed by atoms with van der Waals surface area (Å²) in [4.78, 5) is 0. The zero-order valence-electron chi connectivity index (χ0n) is 6.59. The number of rotatable bonds is 1. The fourth-order valence-electron chi connectivity index (χ4n) is 1.41. The van der Waals surface area contributed by atoms with E-state index in [-0.39, 0.29) is 6.10 Å². The summed E-state index contributed by atoms with van der Waals surface area (Å²) in [5.74, 6) is 0.720. The van der Waals surface area contributed by atoms with Gasteiger partial charge in [-0.3, -0.25) is 0 Å². The van der Waals surface area contributed by atoms with Crippen LogP contribution in [0.25, 0.3) is 0 Å². The summed E-state index contributed by atoms with van der Waals surface area (Å²) in [6.07, 6.45) is 8.53. The molecule has 0 amide bonds. The summed E-state index contributed by atoms with van der Waals surface area (Å²) >= 11 is 0. The summed E-state index contributed by atoms with van der Waals surface area (Å²) in [7, 11) is 0. The van der Waals surface area contributed by atoms with Gasteiger partial charge < -0.3 is 5.11 Å². The van der Waals surface area contributed by atoms with Gasteiger partial charge in [-0.25, -0.2) is 0 Å². The molecule has 2 atom stereocenters. The molecule has 0 saturated carbocycles. The number of aliphatic hydroxyl groups is 1. The predicted molar refractivity (Wildman–Crippen MR) is 42.8 cm³/mol. The summed E-state index contributed by atoms with van der Waals surface area (Å²) in [6.45, 7) is 2.20. The molecule has 0 heterocycles. The Morgan fingerprint density at radius 2 is 2.20 bits per heavy atom. The van der Waals surface area contributed by atoms with Gasteiger partial charge in [-0.2, -0.15) is 0 Å². The Balaban J connectivity index is 2.42. The third-order valence-corrected chi connectivity index (χ3v) is 2.20. The number of aliphatic hydroxyl groups excluding tert-OH is 1. The van der Waals surface area contributed by atoms with Crippen molar-refractivity contribution in [3.63, 3.8) is 0 Å². The van der Waals surface area contributed by atoms with Crippen LogP contribution in [0.1, 0.15) is 32.6 Å². The lowest BCUT2D eigenvalue weighted by molar-refractivity contribution is 0.210. The fraction of sp³-hybridized carbons (Fsp3) is 0.778. The van der Waals surface area contributed by atoms with Gasteiger partial charge >= 0.3 is 0 Å². The van der Waals surface area contributed by atoms with Gasteiger partial charge in [0.25, 0.3) is 0 Å². The van der Waals surface area contributed by atoms with Gasteiger partial charge in [0.15, 0.2) is 0 Å². The SMILES string of the molecule is CCC1C=CC(O)CCC1. The molecule has 1 rings (SSSR count). The van der Waals surface area contributed by atoms with E-state index in [2.05, 4.69) is 13.0 Å². The molecule has 0 fully saturated rings. The van der Waals surface area contributed by atoms with Crippen molar-refractivity contribution in [2.24, 2.45) is 5.92 Å². The molecular formula is C9H16O. The molecule has 58 valence electrons. The van der Waals surface area contributed by atoms with E-state index in [9.17, 15) is 5.11 Å². The Morgan fingerprint density at radius 3 is 2.90 bits per heavy atom. The monoisotopic (exact) mass is 140 g/mol. The van der Waals surface area contributed by atoms with Crippen molar-refractivity contribution in [3.8, 4) is 0 Å². The number of hydrogen-bond donors (Lipinski definition) is 1. The normalized spacial score (nSPS) is 33.8. The van der Waals surface area contributed by atoms with Gasteiger partial charge in [-0.1, -0.05) is 19.1 Å². The predicted octanol–water partition coefficient (Wildman–Crippen LogP) is 2.11. The van der Waals surface area contributed by atoms with Crippen LogP contribution < -0.4 is 0 Å². The van der Waals surface area contributed by atoms with Crippen molar-refractivity contribution in [2.45, 2.75) is 38.7 Å². The van der Waals surface area contributed by atoms with Gasteiger partial charge in [-0.15, -0.1) is 0 Å². The highest BCUT2D eigenvalue weighted by atomic mass is 16.3. The standard InChI is InChI=1S/C9H16O/c1-2-8-4-3-5-9(10)7-6-8/h6-10H,2-5H2,1H3. The first-order valence-electron chi connectivity index (χ1n) is 4.19. The quantitative estimate of drug-likeness (QED) is 0.553. The van der Waals surface area contributed by atoms with E-state index in [1.807, 2.05) is 6.08 Å². The lowest BCUT2D eigenvalue weighted by atomic mass is 10.0. The number of hydrogen-bond acceptors (Lipinski definition) is 1. The van der Waals surface area contributed by atoms with Crippen molar-refractivity contribution in [2.75, 3.05) is 0 Å². The lowest BCUT2D eigenvalue weighted by Crippen LogP contribution is -1.98. The second-order valence-corrected chi connectivity index (χ2v) is 3.05. The maximum atomic E-state index is 9.22. The van der Waals surface area contributed by atoms with Crippen LogP contribution in [-0.2, 0) is 0 Å². The zero-order chi connectivity index (χ0) is 7.40. The van der Waals surface area contributed by atoms with E-state index in [0.29, 0.717) is 0 Å². The van der Waals surface area contributed by atoms with Crippen LogP contribution >= 0.6 is 0 Å². The minimum atomic E-state index is -0.170. The molecule has 0 aromatic carbocycles. The summed E-state index contributed by atoms with van der Waals surface area (Å²) in [5.41, 5.74) is 0. The molecule has 0 spiro atoms. The Labute approximate surface area is 62.8 Å². The molecule has 1 aliphatic carbocycles. The molecule has 1 heteroatoms. The van der Waals surface area contributed by atoms with E-state index in [1.54, 1.807) is 0 Å². The molecule has 10 heavy (non-hydrogen) atoms. The van der Waals surface area contributed by atoms with E-state index in [1.165, 1.54) is 19.3 Å². The summed E-state index contributed by atoms with van der Waals surface area (Å²) < 4.78 is 0. The van der Waals surface area contributed by atoms with Gasteiger partial charge in [0.05, 0.1) is 6.10 Å². The lowest BCUT2D eigenvalue weighted by Gasteiger charge is -2.04. The van der Waals surface area contributed by atoms with Crippen molar-refractivity contribution in [3.05, 3.63) is 12.2 Å². The smallest absolute Gasteiger partial charge is 0.0721 e. The molecule has 1 N–H and O–H groups in total. The first-order valence-corrected chi connectivity index (χ1v) is 4.19. The van der Waals surface area contributed by atoms with E-state index < -0.39 is 0 Å². The topological polar surface area (TPSA) is 20.2 Å². The van der Waals surface area contributed by atoms with Crippen LogP contribution in [0.5, 0.6) is 0 Å². The maximum absolute atomic E-state index is 9.22.